The van der Waals surface area contributed by atoms with E-state index >= 15 is 0 Å². The van der Waals surface area contributed by atoms with Gasteiger partial charge in [0, 0.05) is 16.1 Å². The molecule has 0 amide bonds. The normalized spacial score (nSPS) is 20.9. The van der Waals surface area contributed by atoms with Crippen LogP contribution < -0.4 is 10.2 Å². The van der Waals surface area contributed by atoms with Crippen LogP contribution in [0, 0.1) is 0 Å². The largest absolute Gasteiger partial charge is 0.469 e. The topological polar surface area (TPSA) is 24.5 Å². The first kappa shape index (κ1) is 16.7. The van der Waals surface area contributed by atoms with Crippen molar-refractivity contribution in [3.63, 3.8) is 0 Å². The number of benzene rings is 3. The fraction of sp³-hybridized carbons (Fsp3) is 0.0909. The summed E-state index contributed by atoms with van der Waals surface area (Å²) in [4.78, 5) is 0. The first-order valence-electron chi connectivity index (χ1n) is 8.73. The second kappa shape index (κ2) is 6.61. The van der Waals surface area contributed by atoms with Crippen molar-refractivity contribution < 1.29 is 4.74 Å². The molecule has 0 spiro atoms. The van der Waals surface area contributed by atoms with E-state index in [0.717, 1.165) is 28.1 Å². The van der Waals surface area contributed by atoms with Crippen molar-refractivity contribution in [2.45, 2.75) is 12.3 Å². The van der Waals surface area contributed by atoms with E-state index in [4.69, 9.17) is 27.9 Å². The van der Waals surface area contributed by atoms with Gasteiger partial charge in [0.1, 0.15) is 5.75 Å². The van der Waals surface area contributed by atoms with E-state index in [1.54, 1.807) is 6.07 Å². The van der Waals surface area contributed by atoms with E-state index in [1.807, 2.05) is 48.5 Å². The zero-order valence-electron chi connectivity index (χ0n) is 14.3. The Morgan fingerprint density at radius 3 is 2.44 bits per heavy atom. The number of rotatable bonds is 2. The van der Waals surface area contributed by atoms with Crippen LogP contribution in [0.2, 0.25) is 10.0 Å². The van der Waals surface area contributed by atoms with E-state index in [0.29, 0.717) is 10.0 Å². The summed E-state index contributed by atoms with van der Waals surface area (Å²) in [6.07, 6.45) is 1.86. The van der Waals surface area contributed by atoms with Crippen LogP contribution in [0.5, 0.6) is 5.75 Å². The Labute approximate surface area is 167 Å². The summed E-state index contributed by atoms with van der Waals surface area (Å²) in [5.74, 6) is 0.863. The molecule has 134 valence electrons. The van der Waals surface area contributed by atoms with Crippen molar-refractivity contribution in [3.8, 4) is 5.75 Å². The first-order valence-corrected chi connectivity index (χ1v) is 9.49. The molecule has 0 fully saturated rings. The lowest BCUT2D eigenvalue weighted by Gasteiger charge is -2.39. The molecular formula is C22H16Cl2N2O. The average molecular weight is 395 g/mol. The molecule has 0 aromatic heterocycles. The maximum absolute atomic E-state index is 6.50. The summed E-state index contributed by atoms with van der Waals surface area (Å²) >= 11 is 12.6. The average Bonchev–Trinajstić information content (AvgIpc) is 3.14. The minimum Gasteiger partial charge on any atom is -0.469 e. The third-order valence-corrected chi connectivity index (χ3v) is 5.48. The van der Waals surface area contributed by atoms with Gasteiger partial charge in [-0.2, -0.15) is 5.01 Å². The number of nitrogens with one attached hydrogen (secondary N) is 1. The van der Waals surface area contributed by atoms with Gasteiger partial charge in [0.25, 0.3) is 0 Å². The van der Waals surface area contributed by atoms with Gasteiger partial charge in [0.2, 0.25) is 0 Å². The van der Waals surface area contributed by atoms with Crippen LogP contribution in [0.3, 0.4) is 0 Å². The van der Waals surface area contributed by atoms with Gasteiger partial charge < -0.3 is 10.2 Å². The molecule has 0 unspecified atom stereocenters. The number of para-hydroxylation sites is 1. The van der Waals surface area contributed by atoms with Crippen LogP contribution in [0.1, 0.15) is 29.0 Å². The summed E-state index contributed by atoms with van der Waals surface area (Å²) in [7, 11) is 0. The van der Waals surface area contributed by atoms with E-state index in [9.17, 15) is 0 Å². The summed E-state index contributed by atoms with van der Waals surface area (Å²) in [6.45, 7) is 0. The molecule has 5 rings (SSSR count). The lowest BCUT2D eigenvalue weighted by atomic mass is 10.0. The Morgan fingerprint density at radius 1 is 0.852 bits per heavy atom. The van der Waals surface area contributed by atoms with Gasteiger partial charge in [-0.25, -0.2) is 0 Å². The van der Waals surface area contributed by atoms with E-state index in [-0.39, 0.29) is 12.3 Å². The number of nitrogens with zero attached hydrogens (tertiary/aromatic N) is 1. The maximum atomic E-state index is 6.50. The molecule has 5 heteroatoms. The molecule has 0 saturated heterocycles. The van der Waals surface area contributed by atoms with E-state index in [1.165, 1.54) is 0 Å². The monoisotopic (exact) mass is 394 g/mol. The van der Waals surface area contributed by atoms with Gasteiger partial charge in [-0.3, -0.25) is 0 Å². The molecule has 0 radical (unpaired) electrons. The summed E-state index contributed by atoms with van der Waals surface area (Å²) in [5, 5.41) is 3.29. The highest BCUT2D eigenvalue weighted by atomic mass is 35.5. The van der Waals surface area contributed by atoms with Crippen molar-refractivity contribution >= 4 is 28.9 Å². The highest BCUT2D eigenvalue weighted by Gasteiger charge is 2.40. The van der Waals surface area contributed by atoms with Crippen LogP contribution in [-0.4, -0.2) is 5.01 Å². The standard InChI is InChI=1S/C22H16Cl2N2O/c23-15-10-11-16(18(24)12-15)22-26-20(17-8-4-5-9-21(17)27-22)13-19(25-26)14-6-2-1-3-7-14/h1-13,20,22,25H/t20-,22+/m0/s1. The Bertz CT molecular complexity index is 1040. The van der Waals surface area contributed by atoms with Gasteiger partial charge in [-0.1, -0.05) is 77.8 Å². The van der Waals surface area contributed by atoms with Gasteiger partial charge >= 0.3 is 0 Å². The zero-order chi connectivity index (χ0) is 18.4. The highest BCUT2D eigenvalue weighted by molar-refractivity contribution is 6.35. The highest BCUT2D eigenvalue weighted by Crippen LogP contribution is 2.47. The van der Waals surface area contributed by atoms with Gasteiger partial charge in [0.05, 0.1) is 16.8 Å². The molecular weight excluding hydrogens is 379 g/mol. The SMILES string of the molecule is Clc1ccc([C@H]2Oc3ccccc3[C@@H]3C=C(c4ccccc4)NN23)c(Cl)c1. The lowest BCUT2D eigenvalue weighted by molar-refractivity contribution is -0.0325. The predicted molar refractivity (Wildman–Crippen MR) is 108 cm³/mol. The zero-order valence-corrected chi connectivity index (χ0v) is 15.8. The van der Waals surface area contributed by atoms with Crippen LogP contribution in [0.25, 0.3) is 5.70 Å². The lowest BCUT2D eigenvalue weighted by Crippen LogP contribution is -2.43. The number of fused-ring (bicyclic) bond motifs is 3. The number of halogens is 2. The minimum absolute atomic E-state index is 0.0434. The molecule has 2 atom stereocenters. The quantitative estimate of drug-likeness (QED) is 0.577. The molecule has 2 aliphatic heterocycles. The Hall–Kier alpha value is -2.46. The molecule has 0 bridgehead atoms. The van der Waals surface area contributed by atoms with Crippen molar-refractivity contribution in [2.24, 2.45) is 0 Å². The number of hydrazine groups is 1. The number of hydrogen-bond acceptors (Lipinski definition) is 3. The molecule has 3 aromatic carbocycles. The van der Waals surface area contributed by atoms with Crippen molar-refractivity contribution in [2.75, 3.05) is 0 Å². The van der Waals surface area contributed by atoms with Crippen LogP contribution in [-0.2, 0) is 0 Å². The van der Waals surface area contributed by atoms with E-state index in [2.05, 4.69) is 34.7 Å². The molecule has 1 N–H and O–H groups in total. The predicted octanol–water partition coefficient (Wildman–Crippen LogP) is 5.99. The molecule has 2 heterocycles. The summed E-state index contributed by atoms with van der Waals surface area (Å²) in [6, 6.07) is 23.9. The molecule has 3 nitrogen and oxygen atoms in total. The first-order chi connectivity index (χ1) is 13.2. The fourth-order valence-corrected chi connectivity index (χ4v) is 4.13. The molecule has 0 saturated carbocycles. The fourth-order valence-electron chi connectivity index (χ4n) is 3.63. The van der Waals surface area contributed by atoms with Gasteiger partial charge in [0.15, 0.2) is 6.23 Å². The Kier molecular flexibility index (Phi) is 4.09. The third-order valence-electron chi connectivity index (χ3n) is 4.92. The Morgan fingerprint density at radius 2 is 1.63 bits per heavy atom. The van der Waals surface area contributed by atoms with Gasteiger partial charge in [-0.15, -0.1) is 0 Å². The Balaban J connectivity index is 1.61. The second-order valence-corrected chi connectivity index (χ2v) is 7.43. The van der Waals surface area contributed by atoms with Crippen molar-refractivity contribution in [1.82, 2.24) is 10.4 Å². The van der Waals surface area contributed by atoms with E-state index < -0.39 is 0 Å². The molecule has 0 aliphatic carbocycles. The van der Waals surface area contributed by atoms with Crippen molar-refractivity contribution in [3.05, 3.63) is 106 Å². The van der Waals surface area contributed by atoms with Crippen LogP contribution in [0.15, 0.2) is 78.9 Å². The van der Waals surface area contributed by atoms with Crippen LogP contribution in [0.4, 0.5) is 0 Å². The van der Waals surface area contributed by atoms with Crippen molar-refractivity contribution in [1.29, 1.82) is 0 Å². The van der Waals surface area contributed by atoms with Gasteiger partial charge in [-0.05, 0) is 29.8 Å². The number of ether oxygens (including phenoxy) is 1. The third kappa shape index (κ3) is 2.88. The smallest absolute Gasteiger partial charge is 0.197 e. The second-order valence-electron chi connectivity index (χ2n) is 6.58. The molecule has 27 heavy (non-hydrogen) atoms. The minimum atomic E-state index is -0.368. The number of hydrogen-bond donors (Lipinski definition) is 1. The molecule has 3 aromatic rings. The summed E-state index contributed by atoms with van der Waals surface area (Å²) < 4.78 is 6.34. The van der Waals surface area contributed by atoms with Crippen LogP contribution >= 0.6 is 23.2 Å². The summed E-state index contributed by atoms with van der Waals surface area (Å²) in [5.41, 5.74) is 7.69. The maximum Gasteiger partial charge on any atom is 0.197 e. The molecule has 2 aliphatic rings.